The maximum atomic E-state index is 5.44. The Bertz CT molecular complexity index is 201. The van der Waals surface area contributed by atoms with Gasteiger partial charge in [-0.1, -0.05) is 13.0 Å². The molecule has 0 aliphatic carbocycles. The maximum absolute atomic E-state index is 5.44. The highest BCUT2D eigenvalue weighted by molar-refractivity contribution is 4.81. The molecule has 0 spiro atoms. The van der Waals surface area contributed by atoms with Crippen LogP contribution in [0.25, 0.3) is 0 Å². The molecule has 2 nitrogen and oxygen atoms in total. The van der Waals surface area contributed by atoms with Crippen LogP contribution in [0.1, 0.15) is 47.5 Å². The Morgan fingerprint density at radius 3 is 2.31 bits per heavy atom. The third-order valence-electron chi connectivity index (χ3n) is 3.29. The zero-order valence-corrected chi connectivity index (χ0v) is 11.8. The fourth-order valence-electron chi connectivity index (χ4n) is 1.96. The molecule has 0 aromatic rings. The van der Waals surface area contributed by atoms with Crippen LogP contribution in [0.2, 0.25) is 0 Å². The Kier molecular flexibility index (Phi) is 6.93. The molecule has 3 unspecified atom stereocenters. The smallest absolute Gasteiger partial charge is 0.0637 e. The zero-order chi connectivity index (χ0) is 12.8. The van der Waals surface area contributed by atoms with Gasteiger partial charge in [-0.05, 0) is 46.5 Å². The van der Waals surface area contributed by atoms with Crippen LogP contribution in [0.3, 0.4) is 0 Å². The van der Waals surface area contributed by atoms with Crippen molar-refractivity contribution in [2.45, 2.75) is 65.1 Å². The quantitative estimate of drug-likeness (QED) is 0.642. The largest absolute Gasteiger partial charge is 0.379 e. The lowest BCUT2D eigenvalue weighted by Gasteiger charge is -2.30. The molecule has 0 aromatic carbocycles. The van der Waals surface area contributed by atoms with Gasteiger partial charge >= 0.3 is 0 Å². The Hall–Kier alpha value is -0.340. The van der Waals surface area contributed by atoms with Crippen LogP contribution in [0.5, 0.6) is 0 Å². The van der Waals surface area contributed by atoms with Crippen LogP contribution in [-0.2, 0) is 4.74 Å². The van der Waals surface area contributed by atoms with E-state index in [1.165, 1.54) is 0 Å². The summed E-state index contributed by atoms with van der Waals surface area (Å²) in [6, 6.07) is 0.984. The molecule has 0 aromatic heterocycles. The van der Waals surface area contributed by atoms with E-state index in [-0.39, 0.29) is 5.60 Å². The highest BCUT2D eigenvalue weighted by Gasteiger charge is 2.22. The second-order valence-electron chi connectivity index (χ2n) is 5.53. The van der Waals surface area contributed by atoms with E-state index in [9.17, 15) is 0 Å². The van der Waals surface area contributed by atoms with Gasteiger partial charge in [-0.2, -0.15) is 0 Å². The van der Waals surface area contributed by atoms with E-state index in [4.69, 9.17) is 4.74 Å². The molecule has 3 atom stereocenters. The Morgan fingerprint density at radius 2 is 1.88 bits per heavy atom. The molecule has 16 heavy (non-hydrogen) atoms. The summed E-state index contributed by atoms with van der Waals surface area (Å²) >= 11 is 0. The first-order valence-corrected chi connectivity index (χ1v) is 6.24. The van der Waals surface area contributed by atoms with Gasteiger partial charge < -0.3 is 10.1 Å². The van der Waals surface area contributed by atoms with Gasteiger partial charge in [0, 0.05) is 19.2 Å². The monoisotopic (exact) mass is 227 g/mol. The van der Waals surface area contributed by atoms with E-state index in [2.05, 4.69) is 46.5 Å². The summed E-state index contributed by atoms with van der Waals surface area (Å²) in [4.78, 5) is 0. The SMILES string of the molecule is C=CCC(C)C(C)NC(C)CC(C)(C)OC. The summed E-state index contributed by atoms with van der Waals surface area (Å²) in [5, 5.41) is 3.63. The summed E-state index contributed by atoms with van der Waals surface area (Å²) in [6.07, 6.45) is 4.08. The summed E-state index contributed by atoms with van der Waals surface area (Å²) in [6.45, 7) is 14.8. The molecule has 0 bridgehead atoms. The average Bonchev–Trinajstić information content (AvgIpc) is 2.17. The normalized spacial score (nSPS) is 17.9. The van der Waals surface area contributed by atoms with E-state index in [1.54, 1.807) is 7.11 Å². The minimum Gasteiger partial charge on any atom is -0.379 e. The zero-order valence-electron chi connectivity index (χ0n) is 11.8. The third kappa shape index (κ3) is 6.29. The molecule has 0 fully saturated rings. The first kappa shape index (κ1) is 15.7. The standard InChI is InChI=1S/C14H29NO/c1-8-9-11(2)13(4)15-12(3)10-14(5,6)16-7/h8,11-13,15H,1,9-10H2,2-7H3. The van der Waals surface area contributed by atoms with Gasteiger partial charge in [-0.15, -0.1) is 6.58 Å². The third-order valence-corrected chi connectivity index (χ3v) is 3.29. The van der Waals surface area contributed by atoms with Crippen molar-refractivity contribution in [1.82, 2.24) is 5.32 Å². The number of methoxy groups -OCH3 is 1. The van der Waals surface area contributed by atoms with Crippen molar-refractivity contribution in [2.75, 3.05) is 7.11 Å². The topological polar surface area (TPSA) is 21.3 Å². The van der Waals surface area contributed by atoms with Gasteiger partial charge in [0.2, 0.25) is 0 Å². The molecule has 0 saturated heterocycles. The van der Waals surface area contributed by atoms with Gasteiger partial charge in [-0.25, -0.2) is 0 Å². The molecule has 0 heterocycles. The van der Waals surface area contributed by atoms with Crippen LogP contribution >= 0.6 is 0 Å². The first-order chi connectivity index (χ1) is 7.32. The van der Waals surface area contributed by atoms with E-state index >= 15 is 0 Å². The number of hydrogen-bond donors (Lipinski definition) is 1. The minimum absolute atomic E-state index is 0.0478. The molecular formula is C14H29NO. The van der Waals surface area contributed by atoms with Crippen LogP contribution in [0.15, 0.2) is 12.7 Å². The summed E-state index contributed by atoms with van der Waals surface area (Å²) in [5.74, 6) is 0.630. The van der Waals surface area contributed by atoms with Gasteiger partial charge in [0.1, 0.15) is 0 Å². The Balaban J connectivity index is 4.04. The molecule has 96 valence electrons. The van der Waals surface area contributed by atoms with Crippen molar-refractivity contribution in [3.63, 3.8) is 0 Å². The van der Waals surface area contributed by atoms with Crippen LogP contribution in [-0.4, -0.2) is 24.8 Å². The van der Waals surface area contributed by atoms with Crippen LogP contribution < -0.4 is 5.32 Å². The summed E-state index contributed by atoms with van der Waals surface area (Å²) in [7, 11) is 1.77. The molecule has 0 rings (SSSR count). The summed E-state index contributed by atoms with van der Waals surface area (Å²) < 4.78 is 5.44. The lowest BCUT2D eigenvalue weighted by Crippen LogP contribution is -2.42. The van der Waals surface area contributed by atoms with Crippen molar-refractivity contribution in [1.29, 1.82) is 0 Å². The fraction of sp³-hybridized carbons (Fsp3) is 0.857. The first-order valence-electron chi connectivity index (χ1n) is 6.24. The van der Waals surface area contributed by atoms with Crippen LogP contribution in [0, 0.1) is 5.92 Å². The number of nitrogens with one attached hydrogen (secondary N) is 1. The molecule has 1 N–H and O–H groups in total. The molecule has 2 heteroatoms. The van der Waals surface area contributed by atoms with Crippen molar-refractivity contribution < 1.29 is 4.74 Å². The predicted molar refractivity (Wildman–Crippen MR) is 71.7 cm³/mol. The van der Waals surface area contributed by atoms with E-state index < -0.39 is 0 Å². The highest BCUT2D eigenvalue weighted by atomic mass is 16.5. The van der Waals surface area contributed by atoms with Gasteiger partial charge in [0.05, 0.1) is 5.60 Å². The number of allylic oxidation sites excluding steroid dienone is 1. The van der Waals surface area contributed by atoms with Gasteiger partial charge in [0.15, 0.2) is 0 Å². The maximum Gasteiger partial charge on any atom is 0.0637 e. The van der Waals surface area contributed by atoms with Crippen molar-refractivity contribution in [2.24, 2.45) is 5.92 Å². The second-order valence-corrected chi connectivity index (χ2v) is 5.53. The van der Waals surface area contributed by atoms with E-state index in [1.807, 2.05) is 6.08 Å². The minimum atomic E-state index is -0.0478. The Labute approximate surface area is 101 Å². The molecule has 0 aliphatic rings. The number of ether oxygens (including phenoxy) is 1. The fourth-order valence-corrected chi connectivity index (χ4v) is 1.96. The number of rotatable bonds is 8. The average molecular weight is 227 g/mol. The molecule has 0 amide bonds. The Morgan fingerprint density at radius 1 is 1.31 bits per heavy atom. The molecule has 0 saturated carbocycles. The predicted octanol–water partition coefficient (Wildman–Crippen LogP) is 3.38. The number of hydrogen-bond acceptors (Lipinski definition) is 2. The van der Waals surface area contributed by atoms with Crippen molar-refractivity contribution in [3.8, 4) is 0 Å². The van der Waals surface area contributed by atoms with Gasteiger partial charge in [-0.3, -0.25) is 0 Å². The lowest BCUT2D eigenvalue weighted by molar-refractivity contribution is 0.00734. The van der Waals surface area contributed by atoms with E-state index in [0.717, 1.165) is 12.8 Å². The van der Waals surface area contributed by atoms with Crippen LogP contribution in [0.4, 0.5) is 0 Å². The van der Waals surface area contributed by atoms with Gasteiger partial charge in [0.25, 0.3) is 0 Å². The molecule has 0 radical (unpaired) electrons. The van der Waals surface area contributed by atoms with Crippen molar-refractivity contribution >= 4 is 0 Å². The molecule has 0 aliphatic heterocycles. The highest BCUT2D eigenvalue weighted by Crippen LogP contribution is 2.17. The second kappa shape index (κ2) is 7.08. The molecular weight excluding hydrogens is 198 g/mol. The van der Waals surface area contributed by atoms with Crippen molar-refractivity contribution in [3.05, 3.63) is 12.7 Å². The van der Waals surface area contributed by atoms with E-state index in [0.29, 0.717) is 18.0 Å². The summed E-state index contributed by atoms with van der Waals surface area (Å²) in [5.41, 5.74) is -0.0478. The lowest BCUT2D eigenvalue weighted by atomic mass is 9.96.